The average molecular weight is 413 g/mol. The molecule has 2 atom stereocenters. The third kappa shape index (κ3) is 3.43. The van der Waals surface area contributed by atoms with Gasteiger partial charge in [0.05, 0.1) is 23.6 Å². The molecule has 2 aromatic heterocycles. The molecule has 1 N–H and O–H groups in total. The normalized spacial score (nSPS) is 28.9. The third-order valence-corrected chi connectivity index (χ3v) is 7.05. The van der Waals surface area contributed by atoms with E-state index in [2.05, 4.69) is 11.0 Å². The molecule has 0 bridgehead atoms. The van der Waals surface area contributed by atoms with Crippen molar-refractivity contribution in [1.82, 2.24) is 15.0 Å². The quantitative estimate of drug-likeness (QED) is 0.600. The summed E-state index contributed by atoms with van der Waals surface area (Å²) in [5, 5.41) is 11.4. The molecule has 3 aliphatic rings. The van der Waals surface area contributed by atoms with Gasteiger partial charge in [0.1, 0.15) is 11.4 Å². The summed E-state index contributed by atoms with van der Waals surface area (Å²) in [6.07, 6.45) is 9.56. The Morgan fingerprint density at radius 3 is 2.97 bits per heavy atom. The Morgan fingerprint density at radius 2 is 2.14 bits per heavy atom. The van der Waals surface area contributed by atoms with Gasteiger partial charge >= 0.3 is 0 Å². The van der Waals surface area contributed by atoms with E-state index in [0.717, 1.165) is 73.0 Å². The van der Waals surface area contributed by atoms with E-state index >= 15 is 0 Å². The zero-order valence-corrected chi connectivity index (χ0v) is 18.0. The molecule has 4 heterocycles. The standard InChI is InChI=1S/C22H28N4O2S/c1-21(27)8-5-11-26(14-21)19-16-13-28-22(12-17(16)24-20(25-19)29-2)9-3-6-15-7-4-10-23-18(15)22/h4,7,10,27H,3,5-6,8-9,11-14H2,1-2H3/t21-,22?/m1/s1. The molecule has 0 amide bonds. The van der Waals surface area contributed by atoms with Gasteiger partial charge in [-0.05, 0) is 56.9 Å². The van der Waals surface area contributed by atoms with Gasteiger partial charge in [0.25, 0.3) is 0 Å². The zero-order chi connectivity index (χ0) is 20.1. The molecule has 29 heavy (non-hydrogen) atoms. The fourth-order valence-electron chi connectivity index (χ4n) is 5.12. The maximum Gasteiger partial charge on any atom is 0.189 e. The van der Waals surface area contributed by atoms with Crippen LogP contribution in [0.5, 0.6) is 0 Å². The Hall–Kier alpha value is -1.70. The van der Waals surface area contributed by atoms with Crippen LogP contribution in [0.3, 0.4) is 0 Å². The molecule has 1 unspecified atom stereocenters. The van der Waals surface area contributed by atoms with Crippen molar-refractivity contribution in [2.75, 3.05) is 24.2 Å². The van der Waals surface area contributed by atoms with E-state index in [4.69, 9.17) is 19.7 Å². The van der Waals surface area contributed by atoms with Crippen LogP contribution >= 0.6 is 11.8 Å². The molecule has 0 saturated carbocycles. The van der Waals surface area contributed by atoms with Crippen LogP contribution in [0.4, 0.5) is 5.82 Å². The van der Waals surface area contributed by atoms with Gasteiger partial charge in [-0.25, -0.2) is 9.97 Å². The maximum atomic E-state index is 10.6. The summed E-state index contributed by atoms with van der Waals surface area (Å²) < 4.78 is 6.58. The Labute approximate surface area is 176 Å². The summed E-state index contributed by atoms with van der Waals surface area (Å²) in [6, 6.07) is 4.19. The first-order valence-corrected chi connectivity index (χ1v) is 11.7. The van der Waals surface area contributed by atoms with Gasteiger partial charge in [-0.15, -0.1) is 0 Å². The number of rotatable bonds is 2. The molecule has 2 aliphatic heterocycles. The van der Waals surface area contributed by atoms with E-state index < -0.39 is 5.60 Å². The van der Waals surface area contributed by atoms with Crippen molar-refractivity contribution in [2.45, 2.75) is 68.4 Å². The highest BCUT2D eigenvalue weighted by atomic mass is 32.2. The number of aryl methyl sites for hydroxylation is 1. The fraction of sp³-hybridized carbons (Fsp3) is 0.591. The minimum atomic E-state index is -0.682. The number of fused-ring (bicyclic) bond motifs is 3. The average Bonchev–Trinajstić information content (AvgIpc) is 2.72. The highest BCUT2D eigenvalue weighted by Crippen LogP contribution is 2.45. The van der Waals surface area contributed by atoms with Gasteiger partial charge in [0, 0.05) is 31.3 Å². The molecule has 1 fully saturated rings. The summed E-state index contributed by atoms with van der Waals surface area (Å²) in [5.41, 5.74) is 3.48. The largest absolute Gasteiger partial charge is 0.388 e. The molecule has 7 heteroatoms. The Bertz CT molecular complexity index is 935. The van der Waals surface area contributed by atoms with Crippen LogP contribution in [0.15, 0.2) is 23.5 Å². The molecule has 1 aliphatic carbocycles. The topological polar surface area (TPSA) is 71.4 Å². The van der Waals surface area contributed by atoms with Crippen LogP contribution in [0.2, 0.25) is 0 Å². The third-order valence-electron chi connectivity index (χ3n) is 6.50. The molecule has 0 aromatic carbocycles. The van der Waals surface area contributed by atoms with Crippen LogP contribution < -0.4 is 4.90 Å². The first kappa shape index (κ1) is 19.3. The van der Waals surface area contributed by atoms with Gasteiger partial charge in [0.15, 0.2) is 5.16 Å². The molecule has 0 radical (unpaired) electrons. The van der Waals surface area contributed by atoms with Gasteiger partial charge in [0.2, 0.25) is 0 Å². The molecule has 1 spiro atoms. The van der Waals surface area contributed by atoms with E-state index in [-0.39, 0.29) is 5.60 Å². The number of anilines is 1. The first-order valence-electron chi connectivity index (χ1n) is 10.5. The predicted molar refractivity (Wildman–Crippen MR) is 113 cm³/mol. The number of hydrogen-bond acceptors (Lipinski definition) is 7. The number of aromatic nitrogens is 3. The molecular formula is C22H28N4O2S. The van der Waals surface area contributed by atoms with E-state index in [1.54, 1.807) is 11.8 Å². The smallest absolute Gasteiger partial charge is 0.189 e. The molecule has 5 rings (SSSR count). The number of nitrogens with zero attached hydrogens (tertiary/aromatic N) is 4. The van der Waals surface area contributed by atoms with Crippen molar-refractivity contribution < 1.29 is 9.84 Å². The molecular weight excluding hydrogens is 384 g/mol. The number of hydrogen-bond donors (Lipinski definition) is 1. The predicted octanol–water partition coefficient (Wildman–Crippen LogP) is 3.25. The van der Waals surface area contributed by atoms with Gasteiger partial charge < -0.3 is 14.7 Å². The van der Waals surface area contributed by atoms with Gasteiger partial charge in [-0.1, -0.05) is 17.8 Å². The fourth-order valence-corrected chi connectivity index (χ4v) is 5.50. The minimum absolute atomic E-state index is 0.378. The summed E-state index contributed by atoms with van der Waals surface area (Å²) in [6.45, 7) is 3.91. The molecule has 6 nitrogen and oxygen atoms in total. The van der Waals surface area contributed by atoms with Crippen LogP contribution in [0.25, 0.3) is 0 Å². The van der Waals surface area contributed by atoms with Crippen LogP contribution in [-0.4, -0.2) is 45.0 Å². The van der Waals surface area contributed by atoms with Crippen molar-refractivity contribution >= 4 is 17.6 Å². The molecule has 1 saturated heterocycles. The summed E-state index contributed by atoms with van der Waals surface area (Å²) in [5.74, 6) is 0.936. The van der Waals surface area contributed by atoms with Crippen molar-refractivity contribution in [3.63, 3.8) is 0 Å². The van der Waals surface area contributed by atoms with Crippen LogP contribution in [0.1, 0.15) is 55.1 Å². The Morgan fingerprint density at radius 1 is 1.24 bits per heavy atom. The lowest BCUT2D eigenvalue weighted by atomic mass is 9.78. The SMILES string of the molecule is CSc1nc2c(c(N3CCC[C@@](C)(O)C3)n1)COC1(CCCc3cccnc31)C2. The molecule has 154 valence electrons. The van der Waals surface area contributed by atoms with E-state index in [0.29, 0.717) is 13.2 Å². The zero-order valence-electron chi connectivity index (χ0n) is 17.1. The highest BCUT2D eigenvalue weighted by Gasteiger charge is 2.44. The van der Waals surface area contributed by atoms with Crippen molar-refractivity contribution in [1.29, 1.82) is 0 Å². The number of β-amino-alcohol motifs (C(OH)–C–C–N with tert-alkyl or cyclic N) is 1. The number of ether oxygens (including phenoxy) is 1. The second-order valence-electron chi connectivity index (χ2n) is 8.81. The summed E-state index contributed by atoms with van der Waals surface area (Å²) in [4.78, 5) is 16.7. The van der Waals surface area contributed by atoms with E-state index in [1.807, 2.05) is 25.4 Å². The minimum Gasteiger partial charge on any atom is -0.388 e. The Kier molecular flexibility index (Phi) is 4.80. The van der Waals surface area contributed by atoms with Gasteiger partial charge in [-0.3, -0.25) is 4.98 Å². The second kappa shape index (κ2) is 7.22. The number of aliphatic hydroxyl groups is 1. The van der Waals surface area contributed by atoms with Crippen LogP contribution in [0, 0.1) is 0 Å². The van der Waals surface area contributed by atoms with Gasteiger partial charge in [-0.2, -0.15) is 0 Å². The van der Waals surface area contributed by atoms with Crippen molar-refractivity contribution in [2.24, 2.45) is 0 Å². The number of pyridine rings is 1. The van der Waals surface area contributed by atoms with E-state index in [1.165, 1.54) is 5.56 Å². The summed E-state index contributed by atoms with van der Waals surface area (Å²) in [7, 11) is 0. The monoisotopic (exact) mass is 412 g/mol. The lowest BCUT2D eigenvalue weighted by Gasteiger charge is -2.43. The Balaban J connectivity index is 1.56. The highest BCUT2D eigenvalue weighted by molar-refractivity contribution is 7.98. The lowest BCUT2D eigenvalue weighted by molar-refractivity contribution is -0.0887. The second-order valence-corrected chi connectivity index (χ2v) is 9.58. The number of thioether (sulfide) groups is 1. The number of piperidine rings is 1. The lowest BCUT2D eigenvalue weighted by Crippen LogP contribution is -2.47. The van der Waals surface area contributed by atoms with Crippen molar-refractivity contribution in [3.05, 3.63) is 40.8 Å². The first-order chi connectivity index (χ1) is 14.0. The van der Waals surface area contributed by atoms with Crippen LogP contribution in [-0.2, 0) is 29.8 Å². The molecule has 2 aromatic rings. The van der Waals surface area contributed by atoms with Crippen molar-refractivity contribution in [3.8, 4) is 0 Å². The maximum absolute atomic E-state index is 10.6. The van der Waals surface area contributed by atoms with E-state index in [9.17, 15) is 5.11 Å². The summed E-state index contributed by atoms with van der Waals surface area (Å²) >= 11 is 1.57.